The first-order valence-electron chi connectivity index (χ1n) is 3.87. The molecule has 2 heteroatoms. The van der Waals surface area contributed by atoms with Crippen LogP contribution in [0.4, 0.5) is 0 Å². The lowest BCUT2D eigenvalue weighted by atomic mass is 10.2. The van der Waals surface area contributed by atoms with Gasteiger partial charge in [0.15, 0.2) is 0 Å². The first-order chi connectivity index (χ1) is 5.04. The Balaban J connectivity index is 3.73. The van der Waals surface area contributed by atoms with Crippen LogP contribution in [-0.4, -0.2) is 12.3 Å². The van der Waals surface area contributed by atoms with E-state index in [1.165, 1.54) is 5.57 Å². The second kappa shape index (κ2) is 5.42. The summed E-state index contributed by atoms with van der Waals surface area (Å²) in [7, 11) is 0. The van der Waals surface area contributed by atoms with Gasteiger partial charge in [0.1, 0.15) is 0 Å². The fourth-order valence-corrected chi connectivity index (χ4v) is 0.740. The van der Waals surface area contributed by atoms with Gasteiger partial charge in [-0.15, -0.1) is 12.6 Å². The maximum Gasteiger partial charge on any atom is 0.0425 e. The Morgan fingerprint density at radius 1 is 1.18 bits per heavy atom. The van der Waals surface area contributed by atoms with Crippen LogP contribution in [0.25, 0.3) is 0 Å². The second-order valence-corrected chi connectivity index (χ2v) is 3.62. The molecule has 0 fully saturated rings. The molecule has 0 rings (SSSR count). The zero-order valence-electron chi connectivity index (χ0n) is 7.81. The topological polar surface area (TPSA) is 12.4 Å². The lowest BCUT2D eigenvalue weighted by molar-refractivity contribution is 0.942. The molecule has 0 N–H and O–H groups in total. The number of allylic oxidation sites excluding steroid dienone is 1. The number of thiol groups is 1. The molecule has 0 bridgehead atoms. The molecule has 64 valence electrons. The molecule has 0 saturated heterocycles. The molecule has 0 aromatic heterocycles. The SMILES string of the molecule is CC(C)=NCC/C(C)=C(/C)S. The van der Waals surface area contributed by atoms with Crippen molar-refractivity contribution >= 4 is 18.3 Å². The zero-order chi connectivity index (χ0) is 8.85. The summed E-state index contributed by atoms with van der Waals surface area (Å²) >= 11 is 4.25. The molecular formula is C9H17NS. The Morgan fingerprint density at radius 2 is 1.73 bits per heavy atom. The van der Waals surface area contributed by atoms with Gasteiger partial charge in [0.25, 0.3) is 0 Å². The second-order valence-electron chi connectivity index (χ2n) is 2.94. The summed E-state index contributed by atoms with van der Waals surface area (Å²) in [5.41, 5.74) is 2.48. The van der Waals surface area contributed by atoms with Crippen molar-refractivity contribution in [3.05, 3.63) is 10.5 Å². The number of hydrogen-bond donors (Lipinski definition) is 1. The normalized spacial score (nSPS) is 12.5. The van der Waals surface area contributed by atoms with Crippen molar-refractivity contribution in [2.75, 3.05) is 6.54 Å². The van der Waals surface area contributed by atoms with E-state index in [0.29, 0.717) is 0 Å². The van der Waals surface area contributed by atoms with Crippen LogP contribution in [0.2, 0.25) is 0 Å². The highest BCUT2D eigenvalue weighted by Gasteiger charge is 1.91. The van der Waals surface area contributed by atoms with Crippen molar-refractivity contribution in [1.29, 1.82) is 0 Å². The predicted octanol–water partition coefficient (Wildman–Crippen LogP) is 3.08. The van der Waals surface area contributed by atoms with Crippen LogP contribution < -0.4 is 0 Å². The average Bonchev–Trinajstić information content (AvgIpc) is 1.86. The quantitative estimate of drug-likeness (QED) is 0.495. The Hall–Kier alpha value is -0.240. The van der Waals surface area contributed by atoms with Crippen LogP contribution in [0.15, 0.2) is 15.5 Å². The van der Waals surface area contributed by atoms with Crippen molar-refractivity contribution in [3.8, 4) is 0 Å². The van der Waals surface area contributed by atoms with Gasteiger partial charge in [0, 0.05) is 12.3 Å². The average molecular weight is 171 g/mol. The van der Waals surface area contributed by atoms with E-state index in [2.05, 4.69) is 24.5 Å². The van der Waals surface area contributed by atoms with Gasteiger partial charge in [0.05, 0.1) is 0 Å². The van der Waals surface area contributed by atoms with Gasteiger partial charge in [-0.3, -0.25) is 4.99 Å². The molecule has 0 aliphatic heterocycles. The van der Waals surface area contributed by atoms with Crippen LogP contribution in [0, 0.1) is 0 Å². The Kier molecular flexibility index (Phi) is 5.30. The third-order valence-electron chi connectivity index (χ3n) is 1.53. The molecule has 11 heavy (non-hydrogen) atoms. The first-order valence-corrected chi connectivity index (χ1v) is 4.31. The fourth-order valence-electron chi connectivity index (χ4n) is 0.628. The van der Waals surface area contributed by atoms with Crippen molar-refractivity contribution in [2.45, 2.75) is 34.1 Å². The standard InChI is InChI=1S/C9H17NS/c1-7(2)10-6-5-8(3)9(4)11/h11H,5-6H2,1-4H3/b9-8-. The predicted molar refractivity (Wildman–Crippen MR) is 55.6 cm³/mol. The molecule has 0 aromatic rings. The summed E-state index contributed by atoms with van der Waals surface area (Å²) < 4.78 is 0. The monoisotopic (exact) mass is 171 g/mol. The highest BCUT2D eigenvalue weighted by molar-refractivity contribution is 7.84. The zero-order valence-corrected chi connectivity index (χ0v) is 8.70. The maximum atomic E-state index is 4.30. The van der Waals surface area contributed by atoms with Crippen LogP contribution in [0.3, 0.4) is 0 Å². The van der Waals surface area contributed by atoms with Crippen molar-refractivity contribution in [1.82, 2.24) is 0 Å². The first kappa shape index (κ1) is 10.8. The Bertz CT molecular complexity index is 172. The summed E-state index contributed by atoms with van der Waals surface area (Å²) in [5.74, 6) is 0. The molecule has 0 saturated carbocycles. The van der Waals surface area contributed by atoms with E-state index in [9.17, 15) is 0 Å². The minimum Gasteiger partial charge on any atom is -0.294 e. The van der Waals surface area contributed by atoms with Gasteiger partial charge >= 0.3 is 0 Å². The van der Waals surface area contributed by atoms with E-state index < -0.39 is 0 Å². The van der Waals surface area contributed by atoms with Gasteiger partial charge in [0.2, 0.25) is 0 Å². The Labute approximate surface area is 75.0 Å². The molecular weight excluding hydrogens is 154 g/mol. The van der Waals surface area contributed by atoms with Crippen molar-refractivity contribution < 1.29 is 0 Å². The number of rotatable bonds is 3. The van der Waals surface area contributed by atoms with Crippen LogP contribution in [-0.2, 0) is 0 Å². The van der Waals surface area contributed by atoms with E-state index in [1.807, 2.05) is 20.8 Å². The largest absolute Gasteiger partial charge is 0.294 e. The van der Waals surface area contributed by atoms with Crippen molar-refractivity contribution in [2.24, 2.45) is 4.99 Å². The van der Waals surface area contributed by atoms with Gasteiger partial charge in [-0.05, 0) is 39.0 Å². The third kappa shape index (κ3) is 6.17. The summed E-state index contributed by atoms with van der Waals surface area (Å²) in [5, 5.41) is 0. The van der Waals surface area contributed by atoms with Gasteiger partial charge in [-0.1, -0.05) is 5.57 Å². The molecule has 0 atom stereocenters. The van der Waals surface area contributed by atoms with Gasteiger partial charge in [-0.2, -0.15) is 0 Å². The molecule has 0 aliphatic carbocycles. The minimum atomic E-state index is 0.895. The fraction of sp³-hybridized carbons (Fsp3) is 0.667. The molecule has 0 aromatic carbocycles. The highest BCUT2D eigenvalue weighted by Crippen LogP contribution is 2.10. The number of aliphatic imine (C=N–C) groups is 1. The van der Waals surface area contributed by atoms with Crippen molar-refractivity contribution in [3.63, 3.8) is 0 Å². The van der Waals surface area contributed by atoms with Gasteiger partial charge in [-0.25, -0.2) is 0 Å². The minimum absolute atomic E-state index is 0.895. The molecule has 0 radical (unpaired) electrons. The Morgan fingerprint density at radius 3 is 2.09 bits per heavy atom. The lowest BCUT2D eigenvalue weighted by Gasteiger charge is -1.99. The van der Waals surface area contributed by atoms with E-state index in [4.69, 9.17) is 0 Å². The maximum absolute atomic E-state index is 4.30. The van der Waals surface area contributed by atoms with E-state index in [1.54, 1.807) is 0 Å². The molecule has 0 heterocycles. The molecule has 1 nitrogen and oxygen atoms in total. The number of hydrogen-bond acceptors (Lipinski definition) is 2. The van der Waals surface area contributed by atoms with Crippen LogP contribution in [0.5, 0.6) is 0 Å². The van der Waals surface area contributed by atoms with Crippen LogP contribution in [0.1, 0.15) is 34.1 Å². The van der Waals surface area contributed by atoms with E-state index in [-0.39, 0.29) is 0 Å². The third-order valence-corrected chi connectivity index (χ3v) is 1.91. The summed E-state index contributed by atoms with van der Waals surface area (Å²) in [6, 6.07) is 0. The smallest absolute Gasteiger partial charge is 0.0425 e. The highest BCUT2D eigenvalue weighted by atomic mass is 32.1. The summed E-state index contributed by atoms with van der Waals surface area (Å²) in [6.07, 6.45) is 1.03. The molecule has 0 amide bonds. The van der Waals surface area contributed by atoms with E-state index in [0.717, 1.165) is 23.6 Å². The summed E-state index contributed by atoms with van der Waals surface area (Å²) in [6.45, 7) is 9.05. The molecule has 0 spiro atoms. The number of nitrogens with zero attached hydrogens (tertiary/aromatic N) is 1. The molecule has 0 aliphatic rings. The van der Waals surface area contributed by atoms with Gasteiger partial charge < -0.3 is 0 Å². The molecule has 0 unspecified atom stereocenters. The summed E-state index contributed by atoms with van der Waals surface area (Å²) in [4.78, 5) is 5.41. The van der Waals surface area contributed by atoms with Crippen LogP contribution >= 0.6 is 12.6 Å². The van der Waals surface area contributed by atoms with E-state index >= 15 is 0 Å². The lowest BCUT2D eigenvalue weighted by Crippen LogP contribution is -1.88.